The first-order valence-corrected chi connectivity index (χ1v) is 8.90. The summed E-state index contributed by atoms with van der Waals surface area (Å²) in [4.78, 5) is 27.1. The van der Waals surface area contributed by atoms with E-state index in [4.69, 9.17) is 5.73 Å². The van der Waals surface area contributed by atoms with E-state index in [9.17, 15) is 9.59 Å². The summed E-state index contributed by atoms with van der Waals surface area (Å²) in [7, 11) is 2.12. The van der Waals surface area contributed by atoms with Gasteiger partial charge in [0.2, 0.25) is 5.91 Å². The van der Waals surface area contributed by atoms with Gasteiger partial charge < -0.3 is 20.9 Å². The van der Waals surface area contributed by atoms with Crippen LogP contribution in [0, 0.1) is 0 Å². The summed E-state index contributed by atoms with van der Waals surface area (Å²) in [6.45, 7) is 2.30. The fourth-order valence-corrected chi connectivity index (χ4v) is 3.57. The molecule has 3 rings (SSSR count). The number of anilines is 1. The van der Waals surface area contributed by atoms with Gasteiger partial charge in [0.15, 0.2) is 0 Å². The number of aryl methyl sites for hydroxylation is 1. The molecule has 0 aromatic heterocycles. The lowest BCUT2D eigenvalue weighted by Gasteiger charge is -2.30. The van der Waals surface area contributed by atoms with Crippen molar-refractivity contribution in [3.63, 3.8) is 0 Å². The summed E-state index contributed by atoms with van der Waals surface area (Å²) in [5.74, 6) is -0.0904. The second-order valence-electron chi connectivity index (χ2n) is 6.85. The highest BCUT2D eigenvalue weighted by atomic mass is 16.2. The summed E-state index contributed by atoms with van der Waals surface area (Å²) in [5, 5.41) is 3.01. The SMILES string of the molecule is CN1CCCc2cc(/C=C/C(=O)NC3CCN(C(N)=O)CC3)ccc21. The zero-order valence-electron chi connectivity index (χ0n) is 14.7. The van der Waals surface area contributed by atoms with Crippen LogP contribution in [0.3, 0.4) is 0 Å². The minimum Gasteiger partial charge on any atom is -0.374 e. The maximum Gasteiger partial charge on any atom is 0.314 e. The highest BCUT2D eigenvalue weighted by molar-refractivity contribution is 5.92. The molecule has 0 unspecified atom stereocenters. The number of hydrogen-bond donors (Lipinski definition) is 2. The van der Waals surface area contributed by atoms with E-state index in [1.165, 1.54) is 17.7 Å². The van der Waals surface area contributed by atoms with Crippen LogP contribution < -0.4 is 16.0 Å². The van der Waals surface area contributed by atoms with Crippen LogP contribution in [-0.2, 0) is 11.2 Å². The molecule has 0 aliphatic carbocycles. The van der Waals surface area contributed by atoms with Gasteiger partial charge >= 0.3 is 6.03 Å². The summed E-state index contributed by atoms with van der Waals surface area (Å²) >= 11 is 0. The number of hydrogen-bond acceptors (Lipinski definition) is 3. The largest absolute Gasteiger partial charge is 0.374 e. The van der Waals surface area contributed by atoms with Gasteiger partial charge in [-0.25, -0.2) is 4.79 Å². The second kappa shape index (κ2) is 7.59. The molecule has 6 nitrogen and oxygen atoms in total. The third kappa shape index (κ3) is 4.32. The molecule has 2 aliphatic heterocycles. The number of nitrogens with one attached hydrogen (secondary N) is 1. The molecule has 25 heavy (non-hydrogen) atoms. The molecule has 0 saturated carbocycles. The van der Waals surface area contributed by atoms with E-state index in [-0.39, 0.29) is 18.0 Å². The van der Waals surface area contributed by atoms with Gasteiger partial charge in [-0.2, -0.15) is 0 Å². The van der Waals surface area contributed by atoms with E-state index in [2.05, 4.69) is 35.5 Å². The van der Waals surface area contributed by atoms with Gasteiger partial charge in [0.25, 0.3) is 0 Å². The maximum atomic E-state index is 12.1. The van der Waals surface area contributed by atoms with Gasteiger partial charge in [-0.3, -0.25) is 4.79 Å². The van der Waals surface area contributed by atoms with Crippen LogP contribution in [0.5, 0.6) is 0 Å². The monoisotopic (exact) mass is 342 g/mol. The molecular formula is C19H26N4O2. The van der Waals surface area contributed by atoms with Crippen molar-refractivity contribution in [2.75, 3.05) is 31.6 Å². The predicted molar refractivity (Wildman–Crippen MR) is 99.4 cm³/mol. The molecule has 0 bridgehead atoms. The summed E-state index contributed by atoms with van der Waals surface area (Å²) < 4.78 is 0. The van der Waals surface area contributed by atoms with Crippen LogP contribution in [-0.4, -0.2) is 49.6 Å². The first-order chi connectivity index (χ1) is 12.0. The van der Waals surface area contributed by atoms with Gasteiger partial charge in [-0.15, -0.1) is 0 Å². The molecule has 3 amide bonds. The Labute approximate surface area is 148 Å². The Kier molecular flexibility index (Phi) is 5.26. The third-order valence-corrected chi connectivity index (χ3v) is 5.03. The highest BCUT2D eigenvalue weighted by Gasteiger charge is 2.21. The summed E-state index contributed by atoms with van der Waals surface area (Å²) in [6, 6.07) is 6.06. The van der Waals surface area contributed by atoms with Crippen LogP contribution in [0.2, 0.25) is 0 Å². The Morgan fingerprint density at radius 1 is 1.24 bits per heavy atom. The van der Waals surface area contributed by atoms with E-state index in [0.717, 1.165) is 31.4 Å². The van der Waals surface area contributed by atoms with Crippen molar-refractivity contribution in [3.8, 4) is 0 Å². The fourth-order valence-electron chi connectivity index (χ4n) is 3.57. The normalized spacial score (nSPS) is 18.3. The van der Waals surface area contributed by atoms with Crippen LogP contribution >= 0.6 is 0 Å². The van der Waals surface area contributed by atoms with Crippen LogP contribution in [0.4, 0.5) is 10.5 Å². The number of piperidine rings is 1. The molecule has 0 radical (unpaired) electrons. The molecule has 0 atom stereocenters. The number of nitrogens with zero attached hydrogens (tertiary/aromatic N) is 2. The van der Waals surface area contributed by atoms with Crippen molar-refractivity contribution in [3.05, 3.63) is 35.4 Å². The van der Waals surface area contributed by atoms with Gasteiger partial charge in [-0.1, -0.05) is 6.07 Å². The standard InChI is InChI=1S/C19H26N4O2/c1-22-10-2-3-15-13-14(4-6-17(15)22)5-7-18(24)21-16-8-11-23(12-9-16)19(20)25/h4-7,13,16H,2-3,8-12H2,1H3,(H2,20,25)(H,21,24)/b7-5+. The number of likely N-dealkylation sites (tertiary alicyclic amines) is 1. The molecule has 0 spiro atoms. The van der Waals surface area contributed by atoms with Crippen LogP contribution in [0.25, 0.3) is 6.08 Å². The summed E-state index contributed by atoms with van der Waals surface area (Å²) in [6.07, 6.45) is 7.20. The minimum atomic E-state index is -0.386. The number of carbonyl (C=O) groups is 2. The molecule has 1 saturated heterocycles. The first-order valence-electron chi connectivity index (χ1n) is 8.90. The minimum absolute atomic E-state index is 0.0904. The van der Waals surface area contributed by atoms with Gasteiger partial charge in [0.1, 0.15) is 0 Å². The van der Waals surface area contributed by atoms with Crippen molar-refractivity contribution in [1.29, 1.82) is 0 Å². The zero-order valence-corrected chi connectivity index (χ0v) is 14.7. The number of urea groups is 1. The Balaban J connectivity index is 1.54. The Bertz CT molecular complexity index is 678. The molecule has 1 fully saturated rings. The Morgan fingerprint density at radius 2 is 2.00 bits per heavy atom. The molecular weight excluding hydrogens is 316 g/mol. The van der Waals surface area contributed by atoms with E-state index in [0.29, 0.717) is 13.1 Å². The van der Waals surface area contributed by atoms with Crippen LogP contribution in [0.15, 0.2) is 24.3 Å². The van der Waals surface area contributed by atoms with Crippen molar-refractivity contribution >= 4 is 23.7 Å². The Hall–Kier alpha value is -2.50. The smallest absolute Gasteiger partial charge is 0.314 e. The number of benzene rings is 1. The molecule has 6 heteroatoms. The molecule has 2 aliphatic rings. The number of fused-ring (bicyclic) bond motifs is 1. The molecule has 1 aromatic carbocycles. The number of amides is 3. The number of primary amides is 1. The van der Waals surface area contributed by atoms with Crippen molar-refractivity contribution in [2.45, 2.75) is 31.7 Å². The Morgan fingerprint density at radius 3 is 2.72 bits per heavy atom. The molecule has 134 valence electrons. The summed E-state index contributed by atoms with van der Waals surface area (Å²) in [5.41, 5.74) is 8.95. The lowest BCUT2D eigenvalue weighted by molar-refractivity contribution is -0.117. The molecule has 1 aromatic rings. The quantitative estimate of drug-likeness (QED) is 0.821. The maximum absolute atomic E-state index is 12.1. The highest BCUT2D eigenvalue weighted by Crippen LogP contribution is 2.27. The second-order valence-corrected chi connectivity index (χ2v) is 6.85. The lowest BCUT2D eigenvalue weighted by atomic mass is 9.99. The average molecular weight is 342 g/mol. The van der Waals surface area contributed by atoms with E-state index >= 15 is 0 Å². The average Bonchev–Trinajstić information content (AvgIpc) is 2.60. The number of carbonyl (C=O) groups excluding carboxylic acids is 2. The van der Waals surface area contributed by atoms with Crippen molar-refractivity contribution in [1.82, 2.24) is 10.2 Å². The van der Waals surface area contributed by atoms with Crippen molar-refractivity contribution in [2.24, 2.45) is 5.73 Å². The topological polar surface area (TPSA) is 78.7 Å². The lowest BCUT2D eigenvalue weighted by Crippen LogP contribution is -2.47. The predicted octanol–water partition coefficient (Wildman–Crippen LogP) is 1.74. The van der Waals surface area contributed by atoms with Gasteiger partial charge in [0.05, 0.1) is 0 Å². The molecule has 2 heterocycles. The fraction of sp³-hybridized carbons (Fsp3) is 0.474. The van der Waals surface area contributed by atoms with Gasteiger partial charge in [0, 0.05) is 44.5 Å². The number of rotatable bonds is 3. The zero-order chi connectivity index (χ0) is 17.8. The number of nitrogens with two attached hydrogens (primary N) is 1. The first kappa shape index (κ1) is 17.3. The van der Waals surface area contributed by atoms with Crippen molar-refractivity contribution < 1.29 is 9.59 Å². The van der Waals surface area contributed by atoms with Crippen LogP contribution in [0.1, 0.15) is 30.4 Å². The van der Waals surface area contributed by atoms with Gasteiger partial charge in [-0.05, 0) is 55.0 Å². The molecule has 3 N–H and O–H groups in total. The third-order valence-electron chi connectivity index (χ3n) is 5.03. The van der Waals surface area contributed by atoms with E-state index < -0.39 is 0 Å². The van der Waals surface area contributed by atoms with E-state index in [1.807, 2.05) is 6.08 Å². The van der Waals surface area contributed by atoms with E-state index in [1.54, 1.807) is 11.0 Å².